The van der Waals surface area contributed by atoms with Crippen molar-refractivity contribution in [2.75, 3.05) is 0 Å². The zero-order chi connectivity index (χ0) is 12.9. The third-order valence-corrected chi connectivity index (χ3v) is 2.06. The summed E-state index contributed by atoms with van der Waals surface area (Å²) in [6.45, 7) is 0. The first kappa shape index (κ1) is 17.4. The maximum absolute atomic E-state index is 9.88. The molecule has 19 heavy (non-hydrogen) atoms. The summed E-state index contributed by atoms with van der Waals surface area (Å²) in [6.07, 6.45) is 21.8. The van der Waals surface area contributed by atoms with Crippen LogP contribution in [-0.4, -0.2) is 6.29 Å². The van der Waals surface area contributed by atoms with Gasteiger partial charge in [-0.15, -0.1) is 25.0 Å². The maximum Gasteiger partial charge on any atom is 3.00 e. The van der Waals surface area contributed by atoms with E-state index in [4.69, 9.17) is 0 Å². The van der Waals surface area contributed by atoms with E-state index >= 15 is 0 Å². The fraction of sp³-hybridized carbons (Fsp3) is 0.118. The number of hydrogen-bond donors (Lipinski definition) is 0. The number of hydrogen-bond acceptors (Lipinski definition) is 1. The van der Waals surface area contributed by atoms with Gasteiger partial charge in [-0.25, -0.2) is 24.3 Å². The molecule has 0 unspecified atom stereocenters. The zero-order valence-electron chi connectivity index (χ0n) is 10.5. The maximum atomic E-state index is 9.88. The summed E-state index contributed by atoms with van der Waals surface area (Å²) in [5.41, 5.74) is 0.604. The van der Waals surface area contributed by atoms with Crippen molar-refractivity contribution in [3.63, 3.8) is 0 Å². The molecule has 2 heteroatoms. The monoisotopic (exact) mass is 291 g/mol. The Hall–Kier alpha value is -1.63. The molecule has 1 radical (unpaired) electrons. The first-order valence-corrected chi connectivity index (χ1v) is 5.80. The average molecular weight is 291 g/mol. The Morgan fingerprint density at radius 3 is 1.63 bits per heavy atom. The second-order valence-corrected chi connectivity index (χ2v) is 3.47. The topological polar surface area (TPSA) is 17.1 Å². The number of carbonyl (C=O) groups excluding carboxylic acids is 1. The van der Waals surface area contributed by atoms with Gasteiger partial charge in [-0.1, -0.05) is 6.07 Å². The molecule has 1 aromatic carbocycles. The molecule has 0 fully saturated rings. The minimum absolute atomic E-state index is 0. The Balaban J connectivity index is 0.000000259. The molecule has 0 heterocycles. The van der Waals surface area contributed by atoms with Crippen molar-refractivity contribution in [3.8, 4) is 0 Å². The summed E-state index contributed by atoms with van der Waals surface area (Å²) in [5, 5.41) is 0. The van der Waals surface area contributed by atoms with Crippen LogP contribution in [0.1, 0.15) is 18.4 Å². The first-order valence-electron chi connectivity index (χ1n) is 5.80. The van der Waals surface area contributed by atoms with E-state index in [1.165, 1.54) is 0 Å². The van der Waals surface area contributed by atoms with E-state index in [1.54, 1.807) is 30.6 Å². The number of allylic oxidation sites excluding steroid dienone is 8. The van der Waals surface area contributed by atoms with E-state index in [2.05, 4.69) is 24.3 Å². The molecule has 97 valence electrons. The Bertz CT molecular complexity index is 400. The summed E-state index contributed by atoms with van der Waals surface area (Å²) in [6, 6.07) is 8.90. The van der Waals surface area contributed by atoms with Crippen LogP contribution < -0.4 is 0 Å². The molecule has 0 N–H and O–H groups in total. The molecule has 0 aliphatic heterocycles. The molecule has 0 atom stereocenters. The molecular weight excluding hydrogens is 276 g/mol. The fourth-order valence-corrected chi connectivity index (χ4v) is 1.19. The predicted octanol–water partition coefficient (Wildman–Crippen LogP) is 3.75. The van der Waals surface area contributed by atoms with Crippen LogP contribution in [0.4, 0.5) is 0 Å². The van der Waals surface area contributed by atoms with Crippen LogP contribution in [0.5, 0.6) is 0 Å². The Kier molecular flexibility index (Phi) is 11.7. The molecule has 1 nitrogen and oxygen atoms in total. The normalized spacial score (nSPS) is 12.8. The van der Waals surface area contributed by atoms with Gasteiger partial charge in [0.1, 0.15) is 0 Å². The van der Waals surface area contributed by atoms with Crippen molar-refractivity contribution in [2.24, 2.45) is 0 Å². The van der Waals surface area contributed by atoms with Gasteiger partial charge < -0.3 is 4.79 Å². The minimum atomic E-state index is 0. The zero-order valence-corrected chi connectivity index (χ0v) is 11.6. The van der Waals surface area contributed by atoms with Gasteiger partial charge in [-0.05, 0) is 0 Å². The van der Waals surface area contributed by atoms with Gasteiger partial charge in [0.25, 0.3) is 0 Å². The van der Waals surface area contributed by atoms with Gasteiger partial charge in [0, 0.05) is 0 Å². The van der Waals surface area contributed by atoms with Crippen LogP contribution in [0.25, 0.3) is 0 Å². The minimum Gasteiger partial charge on any atom is -0.376 e. The van der Waals surface area contributed by atoms with Crippen molar-refractivity contribution in [1.82, 2.24) is 0 Å². The standard InChI is InChI=1S/C7H5O.2C5H5.Fe/c8-6-7-4-2-1-3-5-7;2*1-2-4-5-3-1;/h1-5H;2*1-3H,4H2;/q3*-1;+3. The van der Waals surface area contributed by atoms with E-state index in [1.807, 2.05) is 30.4 Å². The Labute approximate surface area is 125 Å². The van der Waals surface area contributed by atoms with Gasteiger partial charge >= 0.3 is 17.1 Å². The number of rotatable bonds is 1. The van der Waals surface area contributed by atoms with E-state index in [0.717, 1.165) is 12.8 Å². The molecule has 2 aliphatic rings. The van der Waals surface area contributed by atoms with Gasteiger partial charge in [0.05, 0.1) is 6.29 Å². The van der Waals surface area contributed by atoms with Crippen molar-refractivity contribution in [2.45, 2.75) is 12.8 Å². The molecule has 0 bridgehead atoms. The summed E-state index contributed by atoms with van der Waals surface area (Å²) >= 11 is 0. The van der Waals surface area contributed by atoms with Crippen molar-refractivity contribution < 1.29 is 21.9 Å². The summed E-state index contributed by atoms with van der Waals surface area (Å²) in [5.74, 6) is 0. The number of benzene rings is 1. The molecular formula is C17H15FeO. The van der Waals surface area contributed by atoms with Crippen molar-refractivity contribution in [1.29, 1.82) is 0 Å². The molecule has 0 aromatic heterocycles. The molecule has 2 aliphatic carbocycles. The smallest absolute Gasteiger partial charge is 0.376 e. The van der Waals surface area contributed by atoms with Crippen LogP contribution in [0, 0.1) is 12.2 Å². The largest absolute Gasteiger partial charge is 3.00 e. The van der Waals surface area contributed by atoms with E-state index in [0.29, 0.717) is 5.56 Å². The van der Waals surface area contributed by atoms with Gasteiger partial charge in [0.2, 0.25) is 0 Å². The average Bonchev–Trinajstić information content (AvgIpc) is 3.17. The van der Waals surface area contributed by atoms with Crippen LogP contribution in [0.3, 0.4) is 0 Å². The third kappa shape index (κ3) is 10.0. The van der Waals surface area contributed by atoms with E-state index in [9.17, 15) is 4.79 Å². The van der Waals surface area contributed by atoms with Crippen LogP contribution in [0.15, 0.2) is 66.8 Å². The molecule has 0 amide bonds. The summed E-state index contributed by atoms with van der Waals surface area (Å²) in [4.78, 5) is 9.88. The van der Waals surface area contributed by atoms with Crippen molar-refractivity contribution in [3.05, 3.63) is 84.5 Å². The SMILES string of the molecule is O=[C-]c1ccccc1.[C-]1=CC=CC1.[C-]1=CC=CC1.[Fe+3]. The summed E-state index contributed by atoms with van der Waals surface area (Å²) < 4.78 is 0. The van der Waals surface area contributed by atoms with Crippen LogP contribution in [-0.2, 0) is 21.9 Å². The first-order chi connectivity index (χ1) is 8.93. The van der Waals surface area contributed by atoms with Crippen LogP contribution >= 0.6 is 0 Å². The van der Waals surface area contributed by atoms with Gasteiger partial charge in [-0.3, -0.25) is 12.2 Å². The second kappa shape index (κ2) is 12.8. The summed E-state index contributed by atoms with van der Waals surface area (Å²) in [7, 11) is 0. The molecule has 0 saturated heterocycles. The Morgan fingerprint density at radius 2 is 1.42 bits per heavy atom. The predicted molar refractivity (Wildman–Crippen MR) is 74.4 cm³/mol. The second-order valence-electron chi connectivity index (χ2n) is 3.47. The molecule has 1 aromatic rings. The van der Waals surface area contributed by atoms with Crippen molar-refractivity contribution >= 4 is 6.29 Å². The van der Waals surface area contributed by atoms with Gasteiger partial charge in [0.15, 0.2) is 0 Å². The van der Waals surface area contributed by atoms with E-state index in [-0.39, 0.29) is 17.1 Å². The third-order valence-electron chi connectivity index (χ3n) is 2.06. The molecule has 0 spiro atoms. The van der Waals surface area contributed by atoms with E-state index < -0.39 is 0 Å². The quantitative estimate of drug-likeness (QED) is 0.569. The molecule has 0 saturated carbocycles. The van der Waals surface area contributed by atoms with Crippen LogP contribution in [0.2, 0.25) is 0 Å². The fourth-order valence-electron chi connectivity index (χ4n) is 1.19. The molecule has 3 rings (SSSR count). The Morgan fingerprint density at radius 1 is 0.895 bits per heavy atom. The van der Waals surface area contributed by atoms with Gasteiger partial charge in [-0.2, -0.15) is 29.8 Å².